The monoisotopic (exact) mass is 414 g/mol. The average Bonchev–Trinajstić information content (AvgIpc) is 2.26. The van der Waals surface area contributed by atoms with Crippen LogP contribution in [-0.2, 0) is 14.8 Å². The van der Waals surface area contributed by atoms with Gasteiger partial charge in [0, 0.05) is 0 Å². The molecule has 4 N–H and O–H groups in total. The number of nitrogens with two attached hydrogens (primary N) is 2. The minimum absolute atomic E-state index is 0.0780. The molecule has 19 heavy (non-hydrogen) atoms. The molecule has 0 aromatic heterocycles. The number of amides is 1. The molecule has 0 aliphatic heterocycles. The van der Waals surface area contributed by atoms with E-state index in [9.17, 15) is 13.2 Å². The zero-order valence-corrected chi connectivity index (χ0v) is 13.9. The normalized spacial score (nSPS) is 13.1. The number of benzene rings is 1. The molecule has 1 unspecified atom stereocenters. The molecule has 0 bridgehead atoms. The average molecular weight is 416 g/mol. The quantitative estimate of drug-likeness (QED) is 0.758. The summed E-state index contributed by atoms with van der Waals surface area (Å²) in [5, 5.41) is 5.04. The summed E-state index contributed by atoms with van der Waals surface area (Å²) < 4.78 is 28.7. The van der Waals surface area contributed by atoms with Gasteiger partial charge in [0.05, 0.1) is 13.8 Å². The molecule has 0 spiro atoms. The molecule has 6 nitrogen and oxygen atoms in total. The van der Waals surface area contributed by atoms with Crippen molar-refractivity contribution in [2.75, 3.05) is 0 Å². The van der Waals surface area contributed by atoms with E-state index in [1.165, 1.54) is 12.1 Å². The molecule has 0 heterocycles. The first-order chi connectivity index (χ1) is 8.66. The van der Waals surface area contributed by atoms with Crippen LogP contribution in [0.4, 0.5) is 0 Å². The summed E-state index contributed by atoms with van der Waals surface area (Å²) in [6, 6.07) is 2.59. The standard InChI is InChI=1S/C10H12Br2N2O4S/c1-2-8(10(13)15)18-9-6(11)3-5(4-7(9)12)19(14,16)17/h3-4,8H,2H2,1H3,(H2,13,15)(H2,14,16,17). The van der Waals surface area contributed by atoms with Crippen molar-refractivity contribution >= 4 is 47.8 Å². The van der Waals surface area contributed by atoms with Gasteiger partial charge in [-0.3, -0.25) is 4.79 Å². The number of carbonyl (C=O) groups excluding carboxylic acids is 1. The Morgan fingerprint density at radius 2 is 1.84 bits per heavy atom. The second-order valence-corrected chi connectivity index (χ2v) is 6.95. The molecule has 1 atom stereocenters. The largest absolute Gasteiger partial charge is 0.478 e. The molecular weight excluding hydrogens is 404 g/mol. The smallest absolute Gasteiger partial charge is 0.258 e. The fraction of sp³-hybridized carbons (Fsp3) is 0.300. The Kier molecular flexibility index (Phi) is 5.36. The van der Waals surface area contributed by atoms with Crippen molar-refractivity contribution in [3.63, 3.8) is 0 Å². The Morgan fingerprint density at radius 3 is 2.16 bits per heavy atom. The predicted molar refractivity (Wildman–Crippen MR) is 77.1 cm³/mol. The summed E-state index contributed by atoms with van der Waals surface area (Å²) in [5.41, 5.74) is 5.18. The minimum atomic E-state index is -3.82. The van der Waals surface area contributed by atoms with Crippen LogP contribution >= 0.6 is 31.9 Å². The highest BCUT2D eigenvalue weighted by molar-refractivity contribution is 9.11. The van der Waals surface area contributed by atoms with Gasteiger partial charge in [0.1, 0.15) is 5.75 Å². The molecule has 1 rings (SSSR count). The van der Waals surface area contributed by atoms with Crippen molar-refractivity contribution in [1.82, 2.24) is 0 Å². The lowest BCUT2D eigenvalue weighted by Gasteiger charge is -2.17. The van der Waals surface area contributed by atoms with Gasteiger partial charge in [-0.15, -0.1) is 0 Å². The summed E-state index contributed by atoms with van der Waals surface area (Å²) in [5.74, 6) is -0.310. The molecule has 9 heteroatoms. The molecule has 1 amide bonds. The fourth-order valence-electron chi connectivity index (χ4n) is 1.30. The van der Waals surface area contributed by atoms with Crippen LogP contribution in [0.2, 0.25) is 0 Å². The van der Waals surface area contributed by atoms with Gasteiger partial charge >= 0.3 is 0 Å². The molecule has 0 aliphatic carbocycles. The Labute approximate surface area is 127 Å². The zero-order valence-electron chi connectivity index (χ0n) is 9.89. The molecule has 0 radical (unpaired) electrons. The second-order valence-electron chi connectivity index (χ2n) is 3.68. The van der Waals surface area contributed by atoms with Crippen LogP contribution in [0.25, 0.3) is 0 Å². The van der Waals surface area contributed by atoms with Gasteiger partial charge < -0.3 is 10.5 Å². The van der Waals surface area contributed by atoms with Crippen molar-refractivity contribution in [3.8, 4) is 5.75 Å². The Bertz CT molecular complexity index is 581. The molecule has 0 saturated carbocycles. The van der Waals surface area contributed by atoms with Crippen LogP contribution in [0.3, 0.4) is 0 Å². The van der Waals surface area contributed by atoms with Gasteiger partial charge in [0.25, 0.3) is 5.91 Å². The van der Waals surface area contributed by atoms with E-state index in [2.05, 4.69) is 31.9 Å². The number of halogens is 2. The first-order valence-electron chi connectivity index (χ1n) is 5.14. The maximum absolute atomic E-state index is 11.3. The van der Waals surface area contributed by atoms with E-state index >= 15 is 0 Å². The van der Waals surface area contributed by atoms with Crippen LogP contribution < -0.4 is 15.6 Å². The topological polar surface area (TPSA) is 112 Å². The number of hydrogen-bond acceptors (Lipinski definition) is 4. The lowest BCUT2D eigenvalue weighted by Crippen LogP contribution is -2.33. The number of sulfonamides is 1. The third-order valence-electron chi connectivity index (χ3n) is 2.25. The highest BCUT2D eigenvalue weighted by atomic mass is 79.9. The van der Waals surface area contributed by atoms with Crippen molar-refractivity contribution in [3.05, 3.63) is 21.1 Å². The van der Waals surface area contributed by atoms with Gasteiger partial charge in [-0.25, -0.2) is 13.6 Å². The van der Waals surface area contributed by atoms with Gasteiger partial charge in [-0.2, -0.15) is 0 Å². The molecule has 0 aliphatic rings. The highest BCUT2D eigenvalue weighted by Gasteiger charge is 2.20. The number of ether oxygens (including phenoxy) is 1. The van der Waals surface area contributed by atoms with E-state index in [4.69, 9.17) is 15.6 Å². The van der Waals surface area contributed by atoms with Crippen LogP contribution in [-0.4, -0.2) is 20.4 Å². The second kappa shape index (κ2) is 6.21. The van der Waals surface area contributed by atoms with Crippen molar-refractivity contribution in [2.24, 2.45) is 10.9 Å². The van der Waals surface area contributed by atoms with Gasteiger partial charge in [-0.1, -0.05) is 6.92 Å². The van der Waals surface area contributed by atoms with Gasteiger partial charge in [-0.05, 0) is 50.4 Å². The fourth-order valence-corrected chi connectivity index (χ4v) is 3.54. The first-order valence-corrected chi connectivity index (χ1v) is 8.27. The first kappa shape index (κ1) is 16.4. The lowest BCUT2D eigenvalue weighted by atomic mass is 10.2. The number of rotatable bonds is 5. The van der Waals surface area contributed by atoms with Crippen molar-refractivity contribution < 1.29 is 17.9 Å². The van der Waals surface area contributed by atoms with E-state index < -0.39 is 22.0 Å². The molecule has 0 saturated heterocycles. The van der Waals surface area contributed by atoms with E-state index in [0.29, 0.717) is 15.4 Å². The van der Waals surface area contributed by atoms with Crippen molar-refractivity contribution in [2.45, 2.75) is 24.3 Å². The number of hydrogen-bond donors (Lipinski definition) is 2. The maximum atomic E-state index is 11.3. The van der Waals surface area contributed by atoms with Crippen LogP contribution in [0.1, 0.15) is 13.3 Å². The summed E-state index contributed by atoms with van der Waals surface area (Å²) in [6.07, 6.45) is -0.404. The zero-order chi connectivity index (χ0) is 14.8. The summed E-state index contributed by atoms with van der Waals surface area (Å²) in [4.78, 5) is 11.1. The number of primary amides is 1. The van der Waals surface area contributed by atoms with E-state index in [1.54, 1.807) is 6.92 Å². The third kappa shape index (κ3) is 4.16. The Morgan fingerprint density at radius 1 is 1.37 bits per heavy atom. The van der Waals surface area contributed by atoms with Crippen LogP contribution in [0.15, 0.2) is 26.0 Å². The molecule has 106 valence electrons. The third-order valence-corrected chi connectivity index (χ3v) is 4.32. The van der Waals surface area contributed by atoms with E-state index in [0.717, 1.165) is 0 Å². The highest BCUT2D eigenvalue weighted by Crippen LogP contribution is 2.36. The van der Waals surface area contributed by atoms with Gasteiger partial charge in [0.2, 0.25) is 10.0 Å². The minimum Gasteiger partial charge on any atom is -0.478 e. The molecule has 1 aromatic carbocycles. The van der Waals surface area contributed by atoms with E-state index in [1.807, 2.05) is 0 Å². The maximum Gasteiger partial charge on any atom is 0.258 e. The molecular formula is C10H12Br2N2O4S. The lowest BCUT2D eigenvalue weighted by molar-refractivity contribution is -0.124. The Hall–Kier alpha value is -0.640. The SMILES string of the molecule is CCC(Oc1c(Br)cc(S(N)(=O)=O)cc1Br)C(N)=O. The predicted octanol–water partition coefficient (Wildman–Crippen LogP) is 1.50. The summed E-state index contributed by atoms with van der Waals surface area (Å²) in [7, 11) is -3.82. The molecule has 0 fully saturated rings. The van der Waals surface area contributed by atoms with Crippen LogP contribution in [0, 0.1) is 0 Å². The summed E-state index contributed by atoms with van der Waals surface area (Å²) >= 11 is 6.34. The number of primary sulfonamides is 1. The Balaban J connectivity index is 3.21. The molecule has 1 aromatic rings. The van der Waals surface area contributed by atoms with E-state index in [-0.39, 0.29) is 10.6 Å². The van der Waals surface area contributed by atoms with Gasteiger partial charge in [0.15, 0.2) is 6.10 Å². The van der Waals surface area contributed by atoms with Crippen LogP contribution in [0.5, 0.6) is 5.75 Å². The number of carbonyl (C=O) groups is 1. The summed E-state index contributed by atoms with van der Waals surface area (Å²) in [6.45, 7) is 1.75. The van der Waals surface area contributed by atoms with Crippen molar-refractivity contribution in [1.29, 1.82) is 0 Å².